The number of phenolic OH excluding ortho intramolecular Hbond substituents is 2. The van der Waals surface area contributed by atoms with Gasteiger partial charge in [0.05, 0.1) is 12.5 Å². The first kappa shape index (κ1) is 16.8. The van der Waals surface area contributed by atoms with Crippen LogP contribution in [0.2, 0.25) is 0 Å². The van der Waals surface area contributed by atoms with Crippen molar-refractivity contribution in [3.8, 4) is 17.2 Å². The highest BCUT2D eigenvalue weighted by Gasteiger charge is 1.91. The predicted molar refractivity (Wildman–Crippen MR) is 81.6 cm³/mol. The van der Waals surface area contributed by atoms with Crippen LogP contribution in [-0.2, 0) is 4.79 Å². The maximum absolute atomic E-state index is 9.78. The fourth-order valence-corrected chi connectivity index (χ4v) is 1.27. The average Bonchev–Trinajstić information content (AvgIpc) is 3.09. The van der Waals surface area contributed by atoms with Gasteiger partial charge in [-0.3, -0.25) is 4.79 Å². The second-order valence-corrected chi connectivity index (χ2v) is 3.84. The summed E-state index contributed by atoms with van der Waals surface area (Å²) in [5.41, 5.74) is 0. The van der Waals surface area contributed by atoms with Crippen molar-refractivity contribution < 1.29 is 24.2 Å². The molecule has 0 radical (unpaired) electrons. The van der Waals surface area contributed by atoms with E-state index in [0.29, 0.717) is 18.0 Å². The standard InChI is InChI=1S/C7H6O3.C6H6O.C4H4O/c8-5-10-7-3-1-2-6(9)4-7;7-6-4-2-1-3-5-6;1-2-4-5-3-1/h1-5,9H;1-5,7H;1-4H. The SMILES string of the molecule is O=COc1cccc(O)c1.Oc1ccccc1.c1ccoc1. The molecule has 0 spiro atoms. The smallest absolute Gasteiger partial charge is 0.298 e. The Morgan fingerprint density at radius 2 is 1.45 bits per heavy atom. The molecule has 2 aromatic carbocycles. The van der Waals surface area contributed by atoms with Crippen LogP contribution in [0.1, 0.15) is 0 Å². The van der Waals surface area contributed by atoms with Gasteiger partial charge < -0.3 is 19.4 Å². The third-order valence-corrected chi connectivity index (χ3v) is 2.18. The van der Waals surface area contributed by atoms with E-state index in [4.69, 9.17) is 10.2 Å². The Bertz CT molecular complexity index is 603. The van der Waals surface area contributed by atoms with Crippen molar-refractivity contribution in [2.24, 2.45) is 0 Å². The van der Waals surface area contributed by atoms with Crippen molar-refractivity contribution in [2.45, 2.75) is 0 Å². The molecular weight excluding hydrogens is 284 g/mol. The highest BCUT2D eigenvalue weighted by atomic mass is 16.5. The number of carbonyl (C=O) groups excluding carboxylic acids is 1. The number of rotatable bonds is 2. The van der Waals surface area contributed by atoms with Gasteiger partial charge in [0, 0.05) is 6.07 Å². The van der Waals surface area contributed by atoms with Crippen molar-refractivity contribution >= 4 is 6.47 Å². The van der Waals surface area contributed by atoms with E-state index < -0.39 is 0 Å². The van der Waals surface area contributed by atoms with Crippen LogP contribution in [0.15, 0.2) is 83.7 Å². The van der Waals surface area contributed by atoms with Gasteiger partial charge in [0.1, 0.15) is 17.2 Å². The quantitative estimate of drug-likeness (QED) is 0.707. The minimum absolute atomic E-state index is 0.0827. The first-order valence-corrected chi connectivity index (χ1v) is 6.33. The maximum Gasteiger partial charge on any atom is 0.298 e. The number of ether oxygens (including phenoxy) is 1. The average molecular weight is 300 g/mol. The third kappa shape index (κ3) is 8.06. The molecule has 0 fully saturated rings. The molecule has 114 valence electrons. The number of hydrogen-bond donors (Lipinski definition) is 2. The van der Waals surface area contributed by atoms with Gasteiger partial charge in [-0.15, -0.1) is 0 Å². The number of furan rings is 1. The molecule has 1 aromatic heterocycles. The molecule has 2 N–H and O–H groups in total. The van der Waals surface area contributed by atoms with Gasteiger partial charge in [0.2, 0.25) is 0 Å². The van der Waals surface area contributed by atoms with Crippen LogP contribution in [0.3, 0.4) is 0 Å². The Balaban J connectivity index is 0.000000175. The molecule has 5 heteroatoms. The van der Waals surface area contributed by atoms with E-state index in [9.17, 15) is 4.79 Å². The number of benzene rings is 2. The first-order chi connectivity index (χ1) is 10.7. The van der Waals surface area contributed by atoms with E-state index >= 15 is 0 Å². The lowest BCUT2D eigenvalue weighted by molar-refractivity contribution is -0.120. The van der Waals surface area contributed by atoms with Crippen LogP contribution in [0.5, 0.6) is 17.2 Å². The van der Waals surface area contributed by atoms with Gasteiger partial charge >= 0.3 is 0 Å². The minimum Gasteiger partial charge on any atom is -0.508 e. The highest BCUT2D eigenvalue weighted by molar-refractivity contribution is 5.46. The van der Waals surface area contributed by atoms with E-state index in [0.717, 1.165) is 0 Å². The number of aromatic hydroxyl groups is 2. The molecule has 0 aliphatic carbocycles. The lowest BCUT2D eigenvalue weighted by Gasteiger charge is -1.95. The molecule has 22 heavy (non-hydrogen) atoms. The Labute approximate surface area is 128 Å². The normalized spacial score (nSPS) is 8.55. The molecule has 0 saturated carbocycles. The second kappa shape index (κ2) is 10.6. The molecular formula is C17H16O5. The Morgan fingerprint density at radius 1 is 0.818 bits per heavy atom. The highest BCUT2D eigenvalue weighted by Crippen LogP contribution is 2.16. The van der Waals surface area contributed by atoms with E-state index in [1.165, 1.54) is 12.1 Å². The molecule has 1 heterocycles. The molecule has 0 unspecified atom stereocenters. The van der Waals surface area contributed by atoms with Gasteiger partial charge in [0.15, 0.2) is 0 Å². The molecule has 0 aliphatic rings. The van der Waals surface area contributed by atoms with Crippen molar-refractivity contribution in [3.63, 3.8) is 0 Å². The molecule has 3 rings (SSSR count). The van der Waals surface area contributed by atoms with Crippen LogP contribution in [-0.4, -0.2) is 16.7 Å². The zero-order valence-corrected chi connectivity index (χ0v) is 11.7. The molecule has 0 bridgehead atoms. The number of para-hydroxylation sites is 1. The van der Waals surface area contributed by atoms with Crippen LogP contribution in [0, 0.1) is 0 Å². The summed E-state index contributed by atoms with van der Waals surface area (Å²) in [6.45, 7) is 0.314. The minimum atomic E-state index is 0.0827. The summed E-state index contributed by atoms with van der Waals surface area (Å²) in [5.74, 6) is 0.747. The zero-order valence-electron chi connectivity index (χ0n) is 11.7. The molecule has 3 aromatic rings. The molecule has 0 aliphatic heterocycles. The van der Waals surface area contributed by atoms with Crippen molar-refractivity contribution in [1.29, 1.82) is 0 Å². The van der Waals surface area contributed by atoms with E-state index in [1.54, 1.807) is 48.9 Å². The number of hydrogen-bond acceptors (Lipinski definition) is 5. The summed E-state index contributed by atoms with van der Waals surface area (Å²) < 4.78 is 9.03. The summed E-state index contributed by atoms with van der Waals surface area (Å²) in [6.07, 6.45) is 3.25. The summed E-state index contributed by atoms with van der Waals surface area (Å²) in [5, 5.41) is 17.5. The van der Waals surface area contributed by atoms with Gasteiger partial charge in [0.25, 0.3) is 6.47 Å². The molecule has 0 saturated heterocycles. The van der Waals surface area contributed by atoms with Crippen LogP contribution in [0.25, 0.3) is 0 Å². The van der Waals surface area contributed by atoms with E-state index in [2.05, 4.69) is 9.15 Å². The fourth-order valence-electron chi connectivity index (χ4n) is 1.27. The fraction of sp³-hybridized carbons (Fsp3) is 0. The monoisotopic (exact) mass is 300 g/mol. The number of phenols is 2. The van der Waals surface area contributed by atoms with Crippen molar-refractivity contribution in [2.75, 3.05) is 0 Å². The Hall–Kier alpha value is -3.21. The molecule has 5 nitrogen and oxygen atoms in total. The van der Waals surface area contributed by atoms with Crippen LogP contribution < -0.4 is 4.74 Å². The van der Waals surface area contributed by atoms with Gasteiger partial charge in [-0.25, -0.2) is 0 Å². The van der Waals surface area contributed by atoms with Gasteiger partial charge in [-0.05, 0) is 36.4 Å². The van der Waals surface area contributed by atoms with Gasteiger partial charge in [-0.2, -0.15) is 0 Å². The van der Waals surface area contributed by atoms with Gasteiger partial charge in [-0.1, -0.05) is 24.3 Å². The summed E-state index contributed by atoms with van der Waals surface area (Å²) in [7, 11) is 0. The van der Waals surface area contributed by atoms with Crippen LogP contribution >= 0.6 is 0 Å². The number of carbonyl (C=O) groups is 1. The summed E-state index contributed by atoms with van der Waals surface area (Å²) in [6, 6.07) is 18.4. The lowest BCUT2D eigenvalue weighted by atomic mass is 10.3. The van der Waals surface area contributed by atoms with Crippen molar-refractivity contribution in [3.05, 3.63) is 79.3 Å². The summed E-state index contributed by atoms with van der Waals surface area (Å²) >= 11 is 0. The Kier molecular flexibility index (Phi) is 8.09. The maximum atomic E-state index is 9.78. The Morgan fingerprint density at radius 3 is 1.86 bits per heavy atom. The van der Waals surface area contributed by atoms with Crippen LogP contribution in [0.4, 0.5) is 0 Å². The summed E-state index contributed by atoms with van der Waals surface area (Å²) in [4.78, 5) is 9.78. The molecule has 0 atom stereocenters. The second-order valence-electron chi connectivity index (χ2n) is 3.84. The largest absolute Gasteiger partial charge is 0.508 e. The topological polar surface area (TPSA) is 79.9 Å². The third-order valence-electron chi connectivity index (χ3n) is 2.18. The van der Waals surface area contributed by atoms with E-state index in [-0.39, 0.29) is 5.75 Å². The van der Waals surface area contributed by atoms with Crippen molar-refractivity contribution in [1.82, 2.24) is 0 Å². The van der Waals surface area contributed by atoms with E-state index in [1.807, 2.05) is 18.2 Å². The molecule has 0 amide bonds. The zero-order chi connectivity index (χ0) is 16.0. The lowest BCUT2D eigenvalue weighted by Crippen LogP contribution is -1.86. The first-order valence-electron chi connectivity index (χ1n) is 6.33. The predicted octanol–water partition coefficient (Wildman–Crippen LogP) is 3.60.